The van der Waals surface area contributed by atoms with Gasteiger partial charge in [-0.2, -0.15) is 13.2 Å². The van der Waals surface area contributed by atoms with E-state index in [-0.39, 0.29) is 0 Å². The van der Waals surface area contributed by atoms with Crippen molar-refractivity contribution >= 4 is 32.8 Å². The third kappa shape index (κ3) is 3.07. The Morgan fingerprint density at radius 1 is 1.17 bits per heavy atom. The fourth-order valence-electron chi connectivity index (χ4n) is 2.40. The maximum absolute atomic E-state index is 12.8. The lowest BCUT2D eigenvalue weighted by Gasteiger charge is -2.22. The van der Waals surface area contributed by atoms with Crippen LogP contribution in [-0.2, 0) is 6.18 Å². The molecule has 118 valence electrons. The largest absolute Gasteiger partial charge is 0.416 e. The van der Waals surface area contributed by atoms with Crippen LogP contribution in [0.25, 0.3) is 10.1 Å². The molecule has 0 unspecified atom stereocenters. The molecule has 3 rings (SSSR count). The molecule has 0 fully saturated rings. The molecule has 0 N–H and O–H groups in total. The van der Waals surface area contributed by atoms with Crippen molar-refractivity contribution in [2.45, 2.75) is 6.18 Å². The van der Waals surface area contributed by atoms with Gasteiger partial charge in [-0.1, -0.05) is 12.1 Å². The van der Waals surface area contributed by atoms with Crippen LogP contribution in [0.4, 0.5) is 24.5 Å². The van der Waals surface area contributed by atoms with Crippen LogP contribution in [0.5, 0.6) is 0 Å². The van der Waals surface area contributed by atoms with E-state index >= 15 is 0 Å². The third-order valence-corrected chi connectivity index (χ3v) is 4.39. The first kappa shape index (κ1) is 15.6. The zero-order valence-corrected chi connectivity index (χ0v) is 12.9. The van der Waals surface area contributed by atoms with Crippen LogP contribution in [0.15, 0.2) is 60.8 Å². The minimum Gasteiger partial charge on any atom is -0.336 e. The Hall–Kier alpha value is -2.34. The van der Waals surface area contributed by atoms with Gasteiger partial charge in [0.2, 0.25) is 0 Å². The molecule has 0 amide bonds. The van der Waals surface area contributed by atoms with Crippen molar-refractivity contribution in [2.24, 2.45) is 0 Å². The fourth-order valence-corrected chi connectivity index (χ4v) is 3.38. The molecule has 0 radical (unpaired) electrons. The quantitative estimate of drug-likeness (QED) is 0.574. The lowest BCUT2D eigenvalue weighted by atomic mass is 10.1. The van der Waals surface area contributed by atoms with Crippen LogP contribution >= 0.6 is 11.3 Å². The van der Waals surface area contributed by atoms with Gasteiger partial charge < -0.3 is 4.90 Å². The second-order valence-electron chi connectivity index (χ2n) is 4.93. The molecule has 0 saturated heterocycles. The molecule has 0 aliphatic heterocycles. The Labute approximate surface area is 135 Å². The molecule has 0 saturated carbocycles. The molecule has 0 spiro atoms. The van der Waals surface area contributed by atoms with Gasteiger partial charge in [0, 0.05) is 40.1 Å². The van der Waals surface area contributed by atoms with E-state index in [2.05, 4.69) is 11.6 Å². The fraction of sp³-hybridized carbons (Fsp3) is 0.118. The van der Waals surface area contributed by atoms with E-state index in [1.165, 1.54) is 23.5 Å². The smallest absolute Gasteiger partial charge is 0.336 e. The molecule has 1 aromatic carbocycles. The van der Waals surface area contributed by atoms with Crippen LogP contribution in [0.3, 0.4) is 0 Å². The van der Waals surface area contributed by atoms with E-state index < -0.39 is 11.7 Å². The highest BCUT2D eigenvalue weighted by molar-refractivity contribution is 7.17. The number of rotatable bonds is 4. The van der Waals surface area contributed by atoms with Crippen molar-refractivity contribution in [3.8, 4) is 0 Å². The second-order valence-corrected chi connectivity index (χ2v) is 5.85. The molecule has 3 aromatic rings. The van der Waals surface area contributed by atoms with Gasteiger partial charge in [-0.15, -0.1) is 17.9 Å². The van der Waals surface area contributed by atoms with Crippen LogP contribution in [0.2, 0.25) is 0 Å². The highest BCUT2D eigenvalue weighted by Crippen LogP contribution is 2.39. The number of hydrogen-bond acceptors (Lipinski definition) is 3. The molecule has 2 nitrogen and oxygen atoms in total. The highest BCUT2D eigenvalue weighted by atomic mass is 32.1. The van der Waals surface area contributed by atoms with Crippen molar-refractivity contribution in [1.82, 2.24) is 4.98 Å². The summed E-state index contributed by atoms with van der Waals surface area (Å²) in [5.41, 5.74) is 1.15. The van der Waals surface area contributed by atoms with E-state index in [9.17, 15) is 13.2 Å². The number of thiophene rings is 1. The average Bonchev–Trinajstić information content (AvgIpc) is 2.95. The summed E-state index contributed by atoms with van der Waals surface area (Å²) in [6.07, 6.45) is 0.793. The highest BCUT2D eigenvalue weighted by Gasteiger charge is 2.30. The predicted molar refractivity (Wildman–Crippen MR) is 88.3 cm³/mol. The summed E-state index contributed by atoms with van der Waals surface area (Å²) in [7, 11) is 0. The minimum atomic E-state index is -4.33. The van der Waals surface area contributed by atoms with E-state index in [4.69, 9.17) is 0 Å². The van der Waals surface area contributed by atoms with Crippen LogP contribution in [-0.4, -0.2) is 11.5 Å². The molecule has 6 heteroatoms. The van der Waals surface area contributed by atoms with Crippen molar-refractivity contribution in [2.75, 3.05) is 11.4 Å². The summed E-state index contributed by atoms with van der Waals surface area (Å²) >= 11 is 1.30. The number of hydrogen-bond donors (Lipinski definition) is 0. The van der Waals surface area contributed by atoms with Crippen molar-refractivity contribution in [1.29, 1.82) is 0 Å². The van der Waals surface area contributed by atoms with Gasteiger partial charge in [0.1, 0.15) is 0 Å². The first-order valence-corrected chi connectivity index (χ1v) is 7.75. The zero-order valence-electron chi connectivity index (χ0n) is 12.0. The van der Waals surface area contributed by atoms with Gasteiger partial charge in [-0.25, -0.2) is 0 Å². The van der Waals surface area contributed by atoms with Crippen molar-refractivity contribution in [3.05, 3.63) is 66.3 Å². The first-order chi connectivity index (χ1) is 11.0. The predicted octanol–water partition coefficient (Wildman–Crippen LogP) is 5.64. The molecule has 0 aliphatic carbocycles. The van der Waals surface area contributed by atoms with Crippen molar-refractivity contribution in [3.63, 3.8) is 0 Å². The normalized spacial score (nSPS) is 11.6. The number of aromatic nitrogens is 1. The lowest BCUT2D eigenvalue weighted by Crippen LogP contribution is -2.16. The molecule has 23 heavy (non-hydrogen) atoms. The summed E-state index contributed by atoms with van der Waals surface area (Å²) in [4.78, 5) is 6.00. The number of fused-ring (bicyclic) bond motifs is 1. The Balaban J connectivity index is 2.09. The lowest BCUT2D eigenvalue weighted by molar-refractivity contribution is -0.137. The standard InChI is InChI=1S/C17H13F3N2S/c1-2-9-22(13-5-7-21-8-6-13)15-11-23-16-10-12(17(18,19)20)3-4-14(15)16/h2-8,10-11H,1,9H2. The Morgan fingerprint density at radius 2 is 1.91 bits per heavy atom. The van der Waals surface area contributed by atoms with Gasteiger partial charge in [0.15, 0.2) is 0 Å². The van der Waals surface area contributed by atoms with Gasteiger partial charge >= 0.3 is 6.18 Å². The van der Waals surface area contributed by atoms with Gasteiger partial charge in [-0.3, -0.25) is 4.98 Å². The summed E-state index contributed by atoms with van der Waals surface area (Å²) in [5.74, 6) is 0. The summed E-state index contributed by atoms with van der Waals surface area (Å²) in [6.45, 7) is 4.31. The number of benzene rings is 1. The number of nitrogens with zero attached hydrogens (tertiary/aromatic N) is 2. The summed E-state index contributed by atoms with van der Waals surface area (Å²) in [5, 5.41) is 2.66. The SMILES string of the molecule is C=CCN(c1ccncc1)c1csc2cc(C(F)(F)F)ccc12. The molecule has 2 heterocycles. The molecule has 0 aliphatic rings. The van der Waals surface area contributed by atoms with E-state index in [0.29, 0.717) is 11.2 Å². The number of anilines is 2. The zero-order chi connectivity index (χ0) is 16.4. The first-order valence-electron chi connectivity index (χ1n) is 6.87. The summed E-state index contributed by atoms with van der Waals surface area (Å²) < 4.78 is 39.1. The van der Waals surface area contributed by atoms with Crippen molar-refractivity contribution < 1.29 is 13.2 Å². The maximum Gasteiger partial charge on any atom is 0.416 e. The van der Waals surface area contributed by atoms with E-state index in [1.807, 2.05) is 22.4 Å². The summed E-state index contributed by atoms with van der Waals surface area (Å²) in [6, 6.07) is 7.56. The Kier molecular flexibility index (Phi) is 4.09. The van der Waals surface area contributed by atoms with E-state index in [0.717, 1.165) is 22.8 Å². The molecule has 2 aromatic heterocycles. The van der Waals surface area contributed by atoms with Crippen LogP contribution in [0.1, 0.15) is 5.56 Å². The van der Waals surface area contributed by atoms with Gasteiger partial charge in [0.25, 0.3) is 0 Å². The number of halogens is 3. The second kappa shape index (κ2) is 6.04. The van der Waals surface area contributed by atoms with Gasteiger partial charge in [-0.05, 0) is 24.3 Å². The molecular formula is C17H13F3N2S. The maximum atomic E-state index is 12.8. The number of pyridine rings is 1. The molecule has 0 atom stereocenters. The minimum absolute atomic E-state index is 0.552. The topological polar surface area (TPSA) is 16.1 Å². The van der Waals surface area contributed by atoms with Crippen LogP contribution < -0.4 is 4.90 Å². The van der Waals surface area contributed by atoms with Gasteiger partial charge in [0.05, 0.1) is 11.3 Å². The Morgan fingerprint density at radius 3 is 2.57 bits per heavy atom. The average molecular weight is 334 g/mol. The monoisotopic (exact) mass is 334 g/mol. The molecular weight excluding hydrogens is 321 g/mol. The number of alkyl halides is 3. The van der Waals surface area contributed by atoms with E-state index in [1.54, 1.807) is 18.5 Å². The molecule has 0 bridgehead atoms. The third-order valence-electron chi connectivity index (χ3n) is 3.46. The van der Waals surface area contributed by atoms with Crippen LogP contribution in [0, 0.1) is 0 Å². The Bertz CT molecular complexity index is 825.